The molecule has 0 aliphatic carbocycles. The van der Waals surface area contributed by atoms with E-state index in [2.05, 4.69) is 46.0 Å². The molecule has 0 saturated carbocycles. The Morgan fingerprint density at radius 3 is 2.71 bits per heavy atom. The molecule has 1 radical (unpaired) electrons. The molecule has 2 aromatic rings. The molecule has 3 rings (SSSR count). The maximum absolute atomic E-state index is 12.9. The van der Waals surface area contributed by atoms with Crippen LogP contribution in [0.3, 0.4) is 0 Å². The number of nitrogens with zero attached hydrogens (tertiary/aromatic N) is 6. The van der Waals surface area contributed by atoms with E-state index < -0.39 is 5.82 Å². The molecule has 0 unspecified atom stereocenters. The first kappa shape index (κ1) is 14.1. The van der Waals surface area contributed by atoms with Crippen molar-refractivity contribution in [2.75, 3.05) is 6.54 Å². The number of hydrogen-bond donors (Lipinski definition) is 0. The van der Waals surface area contributed by atoms with Crippen LogP contribution in [-0.2, 0) is 13.0 Å². The molecule has 0 aromatic carbocycles. The Labute approximate surface area is 123 Å². The molecule has 0 saturated heterocycles. The number of fused-ring (bicyclic) bond motifs is 1. The summed E-state index contributed by atoms with van der Waals surface area (Å²) in [5, 5.41) is 8.37. The highest BCUT2D eigenvalue weighted by Gasteiger charge is 2.28. The lowest BCUT2D eigenvalue weighted by Gasteiger charge is -2.33. The van der Waals surface area contributed by atoms with E-state index in [-0.39, 0.29) is 0 Å². The first-order valence-electron chi connectivity index (χ1n) is 6.99. The Hall–Kier alpha value is -1.89. The topological polar surface area (TPSA) is 59.7 Å². The molecule has 1 aliphatic rings. The second-order valence-electron chi connectivity index (χ2n) is 5.76. The number of rotatable bonds is 3. The Balaban J connectivity index is 1.89. The van der Waals surface area contributed by atoms with Gasteiger partial charge < -0.3 is 0 Å². The minimum absolute atomic E-state index is 0.365. The van der Waals surface area contributed by atoms with Crippen LogP contribution in [0.1, 0.15) is 32.2 Å². The van der Waals surface area contributed by atoms with Crippen LogP contribution in [0, 0.1) is 11.7 Å². The molecule has 111 valence electrons. The summed E-state index contributed by atoms with van der Waals surface area (Å²) in [6.45, 7) is 8.18. The zero-order chi connectivity index (χ0) is 15.0. The third-order valence-corrected chi connectivity index (χ3v) is 3.62. The minimum atomic E-state index is -0.457. The Bertz CT molecular complexity index is 621. The SMILES string of the molecule is C[C](C)CN1Cc2nnn(-c3ncc(F)cn3)c2C[C@@H]1C. The molecule has 0 N–H and O–H groups in total. The first-order chi connectivity index (χ1) is 10.0. The summed E-state index contributed by atoms with van der Waals surface area (Å²) < 4.78 is 14.5. The van der Waals surface area contributed by atoms with Crippen LogP contribution in [0.2, 0.25) is 0 Å². The van der Waals surface area contributed by atoms with E-state index in [9.17, 15) is 4.39 Å². The maximum atomic E-state index is 12.9. The minimum Gasteiger partial charge on any atom is -0.294 e. The van der Waals surface area contributed by atoms with Gasteiger partial charge in [-0.3, -0.25) is 4.90 Å². The number of aromatic nitrogens is 5. The van der Waals surface area contributed by atoms with Gasteiger partial charge in [0, 0.05) is 25.6 Å². The van der Waals surface area contributed by atoms with Crippen molar-refractivity contribution in [1.29, 1.82) is 0 Å². The lowest BCUT2D eigenvalue weighted by Crippen LogP contribution is -2.40. The molecule has 0 bridgehead atoms. The van der Waals surface area contributed by atoms with E-state index in [0.29, 0.717) is 12.0 Å². The van der Waals surface area contributed by atoms with Gasteiger partial charge in [0.15, 0.2) is 5.82 Å². The quantitative estimate of drug-likeness (QED) is 0.858. The standard InChI is InChI=1S/C14H18FN6/c1-9(2)7-20-8-12-13(4-10(20)3)21(19-18-12)14-16-5-11(15)6-17-14/h5-6,10H,4,7-8H2,1-3H3/t10-/m0/s1. The van der Waals surface area contributed by atoms with E-state index in [1.807, 2.05) is 0 Å². The average molecular weight is 289 g/mol. The van der Waals surface area contributed by atoms with Gasteiger partial charge in [-0.05, 0) is 12.8 Å². The van der Waals surface area contributed by atoms with Gasteiger partial charge >= 0.3 is 0 Å². The van der Waals surface area contributed by atoms with Crippen molar-refractivity contribution in [1.82, 2.24) is 29.9 Å². The third-order valence-electron chi connectivity index (χ3n) is 3.62. The molecule has 0 spiro atoms. The lowest BCUT2D eigenvalue weighted by molar-refractivity contribution is 0.188. The van der Waals surface area contributed by atoms with Crippen LogP contribution in [0.15, 0.2) is 12.4 Å². The largest absolute Gasteiger partial charge is 0.294 e. The van der Waals surface area contributed by atoms with E-state index in [1.54, 1.807) is 4.68 Å². The van der Waals surface area contributed by atoms with E-state index in [1.165, 1.54) is 5.92 Å². The molecule has 1 atom stereocenters. The predicted octanol–water partition coefficient (Wildman–Crippen LogP) is 1.56. The van der Waals surface area contributed by atoms with Gasteiger partial charge in [0.05, 0.1) is 18.1 Å². The van der Waals surface area contributed by atoms with Crippen molar-refractivity contribution in [2.45, 2.75) is 39.8 Å². The smallest absolute Gasteiger partial charge is 0.252 e. The summed E-state index contributed by atoms with van der Waals surface area (Å²) >= 11 is 0. The molecular weight excluding hydrogens is 271 g/mol. The van der Waals surface area contributed by atoms with Crippen LogP contribution >= 0.6 is 0 Å². The molecule has 1 aliphatic heterocycles. The summed E-state index contributed by atoms with van der Waals surface area (Å²) in [7, 11) is 0. The van der Waals surface area contributed by atoms with Crippen LogP contribution in [0.25, 0.3) is 5.95 Å². The van der Waals surface area contributed by atoms with Crippen molar-refractivity contribution >= 4 is 0 Å². The van der Waals surface area contributed by atoms with Gasteiger partial charge in [0.1, 0.15) is 5.69 Å². The van der Waals surface area contributed by atoms with Crippen LogP contribution in [0.4, 0.5) is 4.39 Å². The molecule has 7 heteroatoms. The van der Waals surface area contributed by atoms with Crippen molar-refractivity contribution in [3.63, 3.8) is 0 Å². The molecule has 0 fully saturated rings. The highest BCUT2D eigenvalue weighted by molar-refractivity contribution is 5.23. The van der Waals surface area contributed by atoms with Crippen molar-refractivity contribution in [3.8, 4) is 5.95 Å². The normalized spacial score (nSPS) is 19.0. The Morgan fingerprint density at radius 2 is 2.05 bits per heavy atom. The van der Waals surface area contributed by atoms with Crippen LogP contribution in [0.5, 0.6) is 0 Å². The fraction of sp³-hybridized carbons (Fsp3) is 0.500. The fourth-order valence-electron chi connectivity index (χ4n) is 2.61. The summed E-state index contributed by atoms with van der Waals surface area (Å²) in [6, 6.07) is 0.394. The molecule has 21 heavy (non-hydrogen) atoms. The number of halogens is 1. The molecule has 6 nitrogen and oxygen atoms in total. The maximum Gasteiger partial charge on any atom is 0.252 e. The number of hydrogen-bond acceptors (Lipinski definition) is 5. The van der Waals surface area contributed by atoms with Crippen LogP contribution < -0.4 is 0 Å². The average Bonchev–Trinajstić information content (AvgIpc) is 2.82. The molecular formula is C14H18FN6. The van der Waals surface area contributed by atoms with Gasteiger partial charge in [0.2, 0.25) is 0 Å². The summed E-state index contributed by atoms with van der Waals surface area (Å²) in [5.74, 6) is 1.28. The van der Waals surface area contributed by atoms with Crippen molar-refractivity contribution in [3.05, 3.63) is 35.5 Å². The van der Waals surface area contributed by atoms with Gasteiger partial charge in [0.25, 0.3) is 5.95 Å². The Morgan fingerprint density at radius 1 is 1.33 bits per heavy atom. The van der Waals surface area contributed by atoms with Crippen LogP contribution in [-0.4, -0.2) is 42.4 Å². The second kappa shape index (κ2) is 5.48. The summed E-state index contributed by atoms with van der Waals surface area (Å²) in [5.41, 5.74) is 1.96. The monoisotopic (exact) mass is 289 g/mol. The Kier molecular flexibility index (Phi) is 3.67. The highest BCUT2D eigenvalue weighted by atomic mass is 19.1. The van der Waals surface area contributed by atoms with Crippen molar-refractivity contribution < 1.29 is 4.39 Å². The van der Waals surface area contributed by atoms with Gasteiger partial charge in [-0.25, -0.2) is 14.4 Å². The predicted molar refractivity (Wildman–Crippen MR) is 75.1 cm³/mol. The zero-order valence-corrected chi connectivity index (χ0v) is 12.4. The molecule has 3 heterocycles. The lowest BCUT2D eigenvalue weighted by atomic mass is 10.0. The first-order valence-corrected chi connectivity index (χ1v) is 6.99. The third kappa shape index (κ3) is 2.78. The van der Waals surface area contributed by atoms with Gasteiger partial charge in [-0.15, -0.1) is 5.10 Å². The van der Waals surface area contributed by atoms with Gasteiger partial charge in [-0.2, -0.15) is 4.68 Å². The van der Waals surface area contributed by atoms with Crippen molar-refractivity contribution in [2.24, 2.45) is 0 Å². The summed E-state index contributed by atoms with van der Waals surface area (Å²) in [4.78, 5) is 10.3. The second-order valence-corrected chi connectivity index (χ2v) is 5.76. The molecule has 2 aromatic heterocycles. The fourth-order valence-corrected chi connectivity index (χ4v) is 2.61. The van der Waals surface area contributed by atoms with E-state index >= 15 is 0 Å². The summed E-state index contributed by atoms with van der Waals surface area (Å²) in [6.07, 6.45) is 3.12. The van der Waals surface area contributed by atoms with E-state index in [0.717, 1.165) is 43.3 Å². The highest BCUT2D eigenvalue weighted by Crippen LogP contribution is 2.23. The zero-order valence-electron chi connectivity index (χ0n) is 12.4. The molecule has 0 amide bonds. The van der Waals surface area contributed by atoms with E-state index in [4.69, 9.17) is 0 Å². The van der Waals surface area contributed by atoms with Gasteiger partial charge in [-0.1, -0.05) is 19.1 Å².